The minimum atomic E-state index is -0.981. The summed E-state index contributed by atoms with van der Waals surface area (Å²) < 4.78 is 13.7. The van der Waals surface area contributed by atoms with Gasteiger partial charge in [-0.05, 0) is 24.6 Å². The van der Waals surface area contributed by atoms with Gasteiger partial charge in [0.05, 0.1) is 11.7 Å². The first-order valence-electron chi connectivity index (χ1n) is 5.17. The Morgan fingerprint density at radius 1 is 1.24 bits per heavy atom. The van der Waals surface area contributed by atoms with Crippen molar-refractivity contribution >= 4 is 11.6 Å². The Morgan fingerprint density at radius 2 is 1.94 bits per heavy atom. The Morgan fingerprint density at radius 3 is 2.59 bits per heavy atom. The maximum Gasteiger partial charge on any atom is 0.146 e. The summed E-state index contributed by atoms with van der Waals surface area (Å²) in [6.45, 7) is 1.73. The van der Waals surface area contributed by atoms with Gasteiger partial charge in [0.1, 0.15) is 5.82 Å². The maximum atomic E-state index is 13.7. The van der Waals surface area contributed by atoms with Crippen LogP contribution in [-0.4, -0.2) is 4.98 Å². The molecule has 2 rings (SSSR count). The highest BCUT2D eigenvalue weighted by Gasteiger charge is 2.28. The molecule has 0 fully saturated rings. The van der Waals surface area contributed by atoms with E-state index in [0.717, 1.165) is 6.20 Å². The Bertz CT molecular complexity index is 493. The standard InChI is InChI=1S/C13H12ClFN2/c1-13(16,9-4-2-3-5-11(9)14)10-6-7-17-8-12(10)15/h2-8H,16H2,1H3. The lowest BCUT2D eigenvalue weighted by molar-refractivity contribution is 0.527. The van der Waals surface area contributed by atoms with Crippen molar-refractivity contribution in [1.82, 2.24) is 4.98 Å². The quantitative estimate of drug-likeness (QED) is 0.890. The van der Waals surface area contributed by atoms with Gasteiger partial charge >= 0.3 is 0 Å². The summed E-state index contributed by atoms with van der Waals surface area (Å²) in [5.41, 5.74) is 6.29. The first-order valence-corrected chi connectivity index (χ1v) is 5.55. The van der Waals surface area contributed by atoms with Crippen molar-refractivity contribution in [1.29, 1.82) is 0 Å². The summed E-state index contributed by atoms with van der Waals surface area (Å²) in [7, 11) is 0. The Kier molecular flexibility index (Phi) is 3.13. The molecule has 1 heterocycles. The molecule has 88 valence electrons. The van der Waals surface area contributed by atoms with Crippen molar-refractivity contribution in [2.24, 2.45) is 5.73 Å². The number of nitrogens with zero attached hydrogens (tertiary/aromatic N) is 1. The van der Waals surface area contributed by atoms with Crippen LogP contribution in [0.25, 0.3) is 0 Å². The van der Waals surface area contributed by atoms with Gasteiger partial charge in [0.25, 0.3) is 0 Å². The molecule has 2 nitrogen and oxygen atoms in total. The van der Waals surface area contributed by atoms with Crippen LogP contribution in [0.4, 0.5) is 4.39 Å². The first-order chi connectivity index (χ1) is 8.03. The predicted molar refractivity (Wildman–Crippen MR) is 66.3 cm³/mol. The van der Waals surface area contributed by atoms with Gasteiger partial charge in [0.15, 0.2) is 0 Å². The van der Waals surface area contributed by atoms with E-state index >= 15 is 0 Å². The second-order valence-corrected chi connectivity index (χ2v) is 4.44. The Balaban J connectivity index is 2.58. The lowest BCUT2D eigenvalue weighted by Gasteiger charge is -2.27. The van der Waals surface area contributed by atoms with Crippen LogP contribution in [0.15, 0.2) is 42.7 Å². The Hall–Kier alpha value is -1.45. The van der Waals surface area contributed by atoms with Crippen LogP contribution < -0.4 is 5.73 Å². The maximum absolute atomic E-state index is 13.7. The minimum Gasteiger partial charge on any atom is -0.318 e. The molecule has 0 spiro atoms. The summed E-state index contributed by atoms with van der Waals surface area (Å²) in [6, 6.07) is 8.73. The van der Waals surface area contributed by atoms with Gasteiger partial charge in [0.2, 0.25) is 0 Å². The third-order valence-corrected chi connectivity index (χ3v) is 3.09. The monoisotopic (exact) mass is 250 g/mol. The molecule has 0 aliphatic carbocycles. The van der Waals surface area contributed by atoms with Gasteiger partial charge in [0, 0.05) is 16.8 Å². The molecule has 2 N–H and O–H groups in total. The summed E-state index contributed by atoms with van der Waals surface area (Å²) in [5.74, 6) is -0.433. The third-order valence-electron chi connectivity index (χ3n) is 2.77. The van der Waals surface area contributed by atoms with Crippen LogP contribution in [0.3, 0.4) is 0 Å². The lowest BCUT2D eigenvalue weighted by Crippen LogP contribution is -2.35. The van der Waals surface area contributed by atoms with E-state index in [1.54, 1.807) is 25.1 Å². The van der Waals surface area contributed by atoms with Gasteiger partial charge in [-0.15, -0.1) is 0 Å². The van der Waals surface area contributed by atoms with E-state index in [-0.39, 0.29) is 0 Å². The largest absolute Gasteiger partial charge is 0.318 e. The molecule has 0 aliphatic heterocycles. The molecule has 4 heteroatoms. The molecule has 1 atom stereocenters. The van der Waals surface area contributed by atoms with Gasteiger partial charge in [-0.1, -0.05) is 29.8 Å². The van der Waals surface area contributed by atoms with Crippen molar-refractivity contribution in [3.05, 3.63) is 64.7 Å². The number of pyridine rings is 1. The zero-order valence-electron chi connectivity index (χ0n) is 9.32. The lowest BCUT2D eigenvalue weighted by atomic mass is 9.86. The molecule has 0 saturated heterocycles. The molecule has 0 saturated carbocycles. The second kappa shape index (κ2) is 4.43. The molecule has 0 aliphatic rings. The van der Waals surface area contributed by atoms with Crippen molar-refractivity contribution in [3.8, 4) is 0 Å². The molecule has 1 unspecified atom stereocenters. The third kappa shape index (κ3) is 2.16. The van der Waals surface area contributed by atoms with E-state index in [1.807, 2.05) is 12.1 Å². The highest BCUT2D eigenvalue weighted by Crippen LogP contribution is 2.32. The summed E-state index contributed by atoms with van der Waals surface area (Å²) >= 11 is 6.09. The number of nitrogens with two attached hydrogens (primary N) is 1. The topological polar surface area (TPSA) is 38.9 Å². The van der Waals surface area contributed by atoms with Crippen LogP contribution >= 0.6 is 11.6 Å². The number of hydrogen-bond acceptors (Lipinski definition) is 2. The number of aromatic nitrogens is 1. The molecule has 1 aromatic carbocycles. The fourth-order valence-electron chi connectivity index (χ4n) is 1.82. The van der Waals surface area contributed by atoms with E-state index < -0.39 is 11.4 Å². The molecule has 0 amide bonds. The van der Waals surface area contributed by atoms with Crippen molar-refractivity contribution < 1.29 is 4.39 Å². The number of hydrogen-bond donors (Lipinski definition) is 1. The summed E-state index contributed by atoms with van der Waals surface area (Å²) in [6.07, 6.45) is 2.66. The van der Waals surface area contributed by atoms with E-state index in [1.165, 1.54) is 6.20 Å². The normalized spacial score (nSPS) is 14.4. The van der Waals surface area contributed by atoms with Gasteiger partial charge < -0.3 is 5.73 Å². The van der Waals surface area contributed by atoms with Crippen LogP contribution in [0.1, 0.15) is 18.1 Å². The molecular weight excluding hydrogens is 239 g/mol. The van der Waals surface area contributed by atoms with E-state index in [9.17, 15) is 4.39 Å². The smallest absolute Gasteiger partial charge is 0.146 e. The molecule has 2 aromatic rings. The van der Waals surface area contributed by atoms with Gasteiger partial charge in [-0.3, -0.25) is 4.98 Å². The number of halogens is 2. The van der Waals surface area contributed by atoms with Gasteiger partial charge in [-0.2, -0.15) is 0 Å². The zero-order valence-corrected chi connectivity index (χ0v) is 10.1. The molecule has 1 aromatic heterocycles. The summed E-state index contributed by atoms with van der Waals surface area (Å²) in [4.78, 5) is 3.71. The van der Waals surface area contributed by atoms with Crippen LogP contribution in [0, 0.1) is 5.82 Å². The average Bonchev–Trinajstić information content (AvgIpc) is 2.29. The predicted octanol–water partition coefficient (Wildman–Crippen LogP) is 3.10. The molecule has 17 heavy (non-hydrogen) atoms. The molecule has 0 bridgehead atoms. The van der Waals surface area contributed by atoms with Gasteiger partial charge in [-0.25, -0.2) is 4.39 Å². The van der Waals surface area contributed by atoms with Crippen molar-refractivity contribution in [3.63, 3.8) is 0 Å². The van der Waals surface area contributed by atoms with E-state index in [0.29, 0.717) is 16.1 Å². The highest BCUT2D eigenvalue weighted by atomic mass is 35.5. The van der Waals surface area contributed by atoms with E-state index in [2.05, 4.69) is 4.98 Å². The van der Waals surface area contributed by atoms with Crippen molar-refractivity contribution in [2.75, 3.05) is 0 Å². The van der Waals surface area contributed by atoms with Crippen LogP contribution in [0.2, 0.25) is 5.02 Å². The van der Waals surface area contributed by atoms with E-state index in [4.69, 9.17) is 17.3 Å². The number of benzene rings is 1. The Labute approximate surface area is 104 Å². The second-order valence-electron chi connectivity index (χ2n) is 4.04. The first kappa shape index (κ1) is 12.0. The minimum absolute atomic E-state index is 0.376. The zero-order chi connectivity index (χ0) is 12.5. The van der Waals surface area contributed by atoms with Crippen LogP contribution in [-0.2, 0) is 5.54 Å². The SMILES string of the molecule is CC(N)(c1ccncc1F)c1ccccc1Cl. The number of rotatable bonds is 2. The highest BCUT2D eigenvalue weighted by molar-refractivity contribution is 6.31. The summed E-state index contributed by atoms with van der Waals surface area (Å²) in [5, 5.41) is 0.522. The fraction of sp³-hybridized carbons (Fsp3) is 0.154. The van der Waals surface area contributed by atoms with Crippen LogP contribution in [0.5, 0.6) is 0 Å². The fourth-order valence-corrected chi connectivity index (χ4v) is 2.16. The molecular formula is C13H12ClFN2. The average molecular weight is 251 g/mol. The molecule has 0 radical (unpaired) electrons. The van der Waals surface area contributed by atoms with Crippen molar-refractivity contribution in [2.45, 2.75) is 12.5 Å².